The molecule has 7 heteroatoms. The van der Waals surface area contributed by atoms with Gasteiger partial charge in [-0.3, -0.25) is 5.32 Å². The van der Waals surface area contributed by atoms with Crippen LogP contribution in [-0.4, -0.2) is 24.8 Å². The molecule has 1 aliphatic rings. The highest BCUT2D eigenvalue weighted by Gasteiger charge is 2.32. The second-order valence-electron chi connectivity index (χ2n) is 6.95. The Kier molecular flexibility index (Phi) is 5.42. The molecule has 1 aromatic rings. The van der Waals surface area contributed by atoms with E-state index in [1.807, 2.05) is 0 Å². The third-order valence-electron chi connectivity index (χ3n) is 3.80. The molecule has 2 N–H and O–H groups in total. The summed E-state index contributed by atoms with van der Waals surface area (Å²) in [6, 6.07) is 3.52. The van der Waals surface area contributed by atoms with E-state index in [2.05, 4.69) is 10.6 Å². The van der Waals surface area contributed by atoms with Gasteiger partial charge in [-0.05, 0) is 70.3 Å². The average Bonchev–Trinajstić information content (AvgIpc) is 2.45. The first kappa shape index (κ1) is 18.6. The normalized spacial score (nSPS) is 16.8. The molecule has 1 fully saturated rings. The maximum atomic E-state index is 13.0. The van der Waals surface area contributed by atoms with E-state index in [1.54, 1.807) is 20.8 Å². The highest BCUT2D eigenvalue weighted by molar-refractivity contribution is 5.86. The fourth-order valence-corrected chi connectivity index (χ4v) is 2.74. The van der Waals surface area contributed by atoms with E-state index in [4.69, 9.17) is 4.74 Å². The molecule has 1 amide bonds. The third-order valence-corrected chi connectivity index (χ3v) is 3.80. The molecule has 0 saturated carbocycles. The number of carbonyl (C=O) groups excluding carboxylic acids is 1. The van der Waals surface area contributed by atoms with E-state index in [9.17, 15) is 18.0 Å². The lowest BCUT2D eigenvalue weighted by molar-refractivity contribution is -0.137. The Morgan fingerprint density at radius 2 is 1.83 bits per heavy atom. The largest absolute Gasteiger partial charge is 0.444 e. The maximum absolute atomic E-state index is 13.0. The Bertz CT molecular complexity index is 588. The number of halogens is 3. The number of hydrogen-bond donors (Lipinski definition) is 2. The number of amides is 1. The monoisotopic (exact) mass is 344 g/mol. The molecular weight excluding hydrogens is 321 g/mol. The first-order valence-corrected chi connectivity index (χ1v) is 7.98. The first-order chi connectivity index (χ1) is 11.1. The lowest BCUT2D eigenvalue weighted by atomic mass is 9.88. The smallest absolute Gasteiger partial charge is 0.416 e. The van der Waals surface area contributed by atoms with Gasteiger partial charge in [0, 0.05) is 5.69 Å². The highest BCUT2D eigenvalue weighted by atomic mass is 19.4. The van der Waals surface area contributed by atoms with Gasteiger partial charge in [0.05, 0.1) is 5.56 Å². The predicted molar refractivity (Wildman–Crippen MR) is 86.1 cm³/mol. The minimum absolute atomic E-state index is 0.110. The molecule has 0 bridgehead atoms. The summed E-state index contributed by atoms with van der Waals surface area (Å²) in [4.78, 5) is 12.0. The second-order valence-corrected chi connectivity index (χ2v) is 6.95. The highest BCUT2D eigenvalue weighted by Crippen LogP contribution is 2.37. The fraction of sp³-hybridized carbons (Fsp3) is 0.588. The summed E-state index contributed by atoms with van der Waals surface area (Å²) in [5.41, 5.74) is -0.617. The molecule has 0 aromatic heterocycles. The molecule has 134 valence electrons. The zero-order chi connectivity index (χ0) is 18.0. The minimum Gasteiger partial charge on any atom is -0.444 e. The maximum Gasteiger partial charge on any atom is 0.416 e. The Morgan fingerprint density at radius 1 is 1.21 bits per heavy atom. The van der Waals surface area contributed by atoms with Gasteiger partial charge in [0.15, 0.2) is 0 Å². The number of hydrogen-bond acceptors (Lipinski definition) is 3. The van der Waals surface area contributed by atoms with Crippen molar-refractivity contribution in [2.24, 2.45) is 0 Å². The van der Waals surface area contributed by atoms with Crippen LogP contribution in [0.5, 0.6) is 0 Å². The molecule has 2 rings (SSSR count). The topological polar surface area (TPSA) is 50.4 Å². The van der Waals surface area contributed by atoms with Gasteiger partial charge in [-0.15, -0.1) is 0 Å². The fourth-order valence-electron chi connectivity index (χ4n) is 2.74. The predicted octanol–water partition coefficient (Wildman–Crippen LogP) is 4.52. The number of piperidine rings is 1. The van der Waals surface area contributed by atoms with Crippen LogP contribution in [0.4, 0.5) is 23.7 Å². The van der Waals surface area contributed by atoms with E-state index >= 15 is 0 Å². The molecule has 1 aromatic carbocycles. The van der Waals surface area contributed by atoms with E-state index in [1.165, 1.54) is 6.07 Å². The van der Waals surface area contributed by atoms with Gasteiger partial charge in [0.25, 0.3) is 0 Å². The van der Waals surface area contributed by atoms with Crippen molar-refractivity contribution in [2.75, 3.05) is 18.4 Å². The van der Waals surface area contributed by atoms with Crippen LogP contribution in [0.3, 0.4) is 0 Å². The molecule has 1 heterocycles. The van der Waals surface area contributed by atoms with Gasteiger partial charge < -0.3 is 10.1 Å². The number of carbonyl (C=O) groups is 1. The Hall–Kier alpha value is -1.76. The van der Waals surface area contributed by atoms with Gasteiger partial charge in [0.2, 0.25) is 0 Å². The lowest BCUT2D eigenvalue weighted by Gasteiger charge is -2.26. The molecule has 0 aliphatic carbocycles. The Morgan fingerprint density at radius 3 is 2.38 bits per heavy atom. The second kappa shape index (κ2) is 7.01. The van der Waals surface area contributed by atoms with Crippen molar-refractivity contribution in [1.29, 1.82) is 0 Å². The molecule has 1 saturated heterocycles. The molecule has 24 heavy (non-hydrogen) atoms. The van der Waals surface area contributed by atoms with Crippen LogP contribution >= 0.6 is 0 Å². The van der Waals surface area contributed by atoms with E-state index < -0.39 is 23.4 Å². The summed E-state index contributed by atoms with van der Waals surface area (Å²) in [5.74, 6) is 0.110. The van der Waals surface area contributed by atoms with Gasteiger partial charge in [0.1, 0.15) is 5.60 Å². The van der Waals surface area contributed by atoms with Gasteiger partial charge >= 0.3 is 12.3 Å². The van der Waals surface area contributed by atoms with Crippen LogP contribution in [0.1, 0.15) is 50.7 Å². The minimum atomic E-state index is -4.46. The molecule has 4 nitrogen and oxygen atoms in total. The van der Waals surface area contributed by atoms with Crippen LogP contribution in [0, 0.1) is 0 Å². The standard InChI is InChI=1S/C17H23F3N2O2/c1-16(2,3)24-15(23)22-14-10-12(17(18,19)20)4-5-13(14)11-6-8-21-9-7-11/h4-5,10-11,21H,6-9H2,1-3H3,(H,22,23). The third kappa shape index (κ3) is 5.12. The summed E-state index contributed by atoms with van der Waals surface area (Å²) >= 11 is 0. The van der Waals surface area contributed by atoms with Crippen LogP contribution in [0.2, 0.25) is 0 Å². The molecule has 0 atom stereocenters. The SMILES string of the molecule is CC(C)(C)OC(=O)Nc1cc(C(F)(F)F)ccc1C1CCNCC1. The average molecular weight is 344 g/mol. The van der Waals surface area contributed by atoms with E-state index in [-0.39, 0.29) is 11.6 Å². The summed E-state index contributed by atoms with van der Waals surface area (Å²) in [5, 5.41) is 5.71. The van der Waals surface area contributed by atoms with Gasteiger partial charge in [-0.2, -0.15) is 13.2 Å². The summed E-state index contributed by atoms with van der Waals surface area (Å²) in [6.07, 6.45) is -3.59. The van der Waals surface area contributed by atoms with Crippen molar-refractivity contribution in [1.82, 2.24) is 5.32 Å². The lowest BCUT2D eigenvalue weighted by Crippen LogP contribution is -2.29. The number of alkyl halides is 3. The molecule has 0 radical (unpaired) electrons. The molecule has 1 aliphatic heterocycles. The van der Waals surface area contributed by atoms with Crippen molar-refractivity contribution in [3.63, 3.8) is 0 Å². The zero-order valence-corrected chi connectivity index (χ0v) is 14.1. The molecular formula is C17H23F3N2O2. The van der Waals surface area contributed by atoms with E-state index in [0.717, 1.165) is 43.6 Å². The van der Waals surface area contributed by atoms with Crippen molar-refractivity contribution < 1.29 is 22.7 Å². The zero-order valence-electron chi connectivity index (χ0n) is 14.1. The number of anilines is 1. The Labute approximate surface area is 139 Å². The van der Waals surface area contributed by atoms with Crippen LogP contribution in [0.15, 0.2) is 18.2 Å². The summed E-state index contributed by atoms with van der Waals surface area (Å²) < 4.78 is 44.2. The quantitative estimate of drug-likeness (QED) is 0.829. The number of ether oxygens (including phenoxy) is 1. The van der Waals surface area contributed by atoms with Crippen molar-refractivity contribution in [2.45, 2.75) is 51.3 Å². The summed E-state index contributed by atoms with van der Waals surface area (Å²) in [7, 11) is 0. The number of rotatable bonds is 2. The first-order valence-electron chi connectivity index (χ1n) is 7.98. The number of nitrogens with one attached hydrogen (secondary N) is 2. The van der Waals surface area contributed by atoms with Crippen LogP contribution in [-0.2, 0) is 10.9 Å². The van der Waals surface area contributed by atoms with E-state index in [0.29, 0.717) is 0 Å². The van der Waals surface area contributed by atoms with Crippen molar-refractivity contribution in [3.8, 4) is 0 Å². The van der Waals surface area contributed by atoms with Gasteiger partial charge in [-0.1, -0.05) is 6.07 Å². The number of benzene rings is 1. The summed E-state index contributed by atoms with van der Waals surface area (Å²) in [6.45, 7) is 6.71. The van der Waals surface area contributed by atoms with Crippen LogP contribution in [0.25, 0.3) is 0 Å². The molecule has 0 spiro atoms. The van der Waals surface area contributed by atoms with Crippen molar-refractivity contribution in [3.05, 3.63) is 29.3 Å². The van der Waals surface area contributed by atoms with Gasteiger partial charge in [-0.25, -0.2) is 4.79 Å². The van der Waals surface area contributed by atoms with Crippen molar-refractivity contribution >= 4 is 11.8 Å². The Balaban J connectivity index is 2.30. The molecule has 0 unspecified atom stereocenters. The van der Waals surface area contributed by atoms with Crippen LogP contribution < -0.4 is 10.6 Å².